The molecule has 0 saturated heterocycles. The van der Waals surface area contributed by atoms with Crippen molar-refractivity contribution in [1.82, 2.24) is 0 Å². The van der Waals surface area contributed by atoms with Gasteiger partial charge < -0.3 is 25.2 Å². The highest BCUT2D eigenvalue weighted by Gasteiger charge is 2.25. The van der Waals surface area contributed by atoms with E-state index < -0.39 is 19.9 Å². The summed E-state index contributed by atoms with van der Waals surface area (Å²) in [5, 5.41) is 9.81. The van der Waals surface area contributed by atoms with E-state index in [4.69, 9.17) is 24.3 Å². The van der Waals surface area contributed by atoms with Gasteiger partial charge >= 0.3 is 13.8 Å². The second-order valence-electron chi connectivity index (χ2n) is 13.4. The molecule has 0 saturated carbocycles. The van der Waals surface area contributed by atoms with Crippen molar-refractivity contribution in [3.05, 3.63) is 73.1 Å². The van der Waals surface area contributed by atoms with Gasteiger partial charge in [-0.1, -0.05) is 132 Å². The Balaban J connectivity index is 4.27. The van der Waals surface area contributed by atoms with Crippen LogP contribution >= 0.6 is 7.82 Å². The number of phosphoric ester groups is 1. The van der Waals surface area contributed by atoms with Crippen LogP contribution in [0.3, 0.4) is 0 Å². The van der Waals surface area contributed by atoms with E-state index in [0.29, 0.717) is 6.42 Å². The van der Waals surface area contributed by atoms with Crippen molar-refractivity contribution >= 4 is 13.8 Å². The van der Waals surface area contributed by atoms with E-state index in [-0.39, 0.29) is 38.9 Å². The number of hydrogen-bond acceptors (Lipinski definition) is 8. The van der Waals surface area contributed by atoms with Crippen LogP contribution in [0.25, 0.3) is 0 Å². The molecule has 0 heterocycles. The topological polar surface area (TPSA) is 138 Å². The van der Waals surface area contributed by atoms with Gasteiger partial charge in [-0.25, -0.2) is 4.57 Å². The zero-order valence-electron chi connectivity index (χ0n) is 33.3. The Morgan fingerprint density at radius 1 is 0.660 bits per heavy atom. The van der Waals surface area contributed by atoms with Crippen LogP contribution in [0.2, 0.25) is 0 Å². The molecule has 0 aromatic rings. The largest absolute Gasteiger partial charge is 0.498 e. The van der Waals surface area contributed by atoms with Gasteiger partial charge in [0.25, 0.3) is 0 Å². The number of aliphatic hydroxyl groups is 1. The van der Waals surface area contributed by atoms with Crippen LogP contribution in [0.15, 0.2) is 73.1 Å². The summed E-state index contributed by atoms with van der Waals surface area (Å²) < 4.78 is 33.0. The molecule has 0 radical (unpaired) electrons. The molecule has 0 aliphatic carbocycles. The number of unbranched alkanes of at least 4 members (excludes halogenated alkanes) is 13. The molecule has 10 heteroatoms. The summed E-state index contributed by atoms with van der Waals surface area (Å²) >= 11 is 0. The molecule has 0 aliphatic rings. The average molecular weight is 766 g/mol. The molecule has 1 unspecified atom stereocenters. The summed E-state index contributed by atoms with van der Waals surface area (Å²) in [6, 6.07) is 0. The first-order valence-electron chi connectivity index (χ1n) is 20.6. The highest BCUT2D eigenvalue weighted by Crippen LogP contribution is 2.43. The number of aliphatic hydroxyl groups excluding tert-OH is 1. The molecule has 0 bridgehead atoms. The highest BCUT2D eigenvalue weighted by molar-refractivity contribution is 7.47. The van der Waals surface area contributed by atoms with Gasteiger partial charge in [0, 0.05) is 13.0 Å². The zero-order chi connectivity index (χ0) is 38.9. The van der Waals surface area contributed by atoms with Crippen molar-refractivity contribution < 1.29 is 37.9 Å². The predicted octanol–water partition coefficient (Wildman–Crippen LogP) is 11.3. The minimum Gasteiger partial charge on any atom is -0.498 e. The lowest BCUT2D eigenvalue weighted by Crippen LogP contribution is -2.27. The number of ether oxygens (including phenoxy) is 2. The highest BCUT2D eigenvalue weighted by atomic mass is 31.2. The molecule has 0 spiro atoms. The summed E-state index contributed by atoms with van der Waals surface area (Å²) in [5.74, 6) is -0.425. The van der Waals surface area contributed by atoms with Crippen LogP contribution in [0.1, 0.15) is 155 Å². The van der Waals surface area contributed by atoms with E-state index in [1.807, 2.05) is 24.3 Å². The number of nitrogens with two attached hydrogens (primary N) is 1. The van der Waals surface area contributed by atoms with Crippen molar-refractivity contribution in [2.75, 3.05) is 26.4 Å². The molecular formula is C43H76NO8P. The summed E-state index contributed by atoms with van der Waals surface area (Å²) in [5.41, 5.74) is 5.35. The molecule has 0 aliphatic heterocycles. The van der Waals surface area contributed by atoms with Crippen LogP contribution < -0.4 is 5.73 Å². The van der Waals surface area contributed by atoms with Crippen molar-refractivity contribution in [3.63, 3.8) is 0 Å². The SMILES string of the molecule is CCCCCC/C=C\CCCCCCCC/C=C/OC[C@H](COP(=O)(O)OCCN)OC(=O)CCC/C=C\C/C=C\C/C=C\C/C=C\[C@H](O)CCCC. The third-order valence-electron chi connectivity index (χ3n) is 8.23. The second kappa shape index (κ2) is 39.4. The van der Waals surface area contributed by atoms with E-state index in [1.54, 1.807) is 6.26 Å². The molecule has 3 atom stereocenters. The maximum Gasteiger partial charge on any atom is 0.472 e. The third-order valence-corrected chi connectivity index (χ3v) is 9.22. The van der Waals surface area contributed by atoms with Gasteiger partial charge in [0.1, 0.15) is 6.61 Å². The van der Waals surface area contributed by atoms with Gasteiger partial charge in [-0.15, -0.1) is 0 Å². The average Bonchev–Trinajstić information content (AvgIpc) is 3.14. The summed E-state index contributed by atoms with van der Waals surface area (Å²) in [4.78, 5) is 22.4. The van der Waals surface area contributed by atoms with Crippen molar-refractivity contribution in [2.24, 2.45) is 5.73 Å². The van der Waals surface area contributed by atoms with E-state index in [2.05, 4.69) is 56.4 Å². The second-order valence-corrected chi connectivity index (χ2v) is 14.8. The van der Waals surface area contributed by atoms with E-state index in [1.165, 1.54) is 70.6 Å². The fourth-order valence-corrected chi connectivity index (χ4v) is 5.91. The van der Waals surface area contributed by atoms with Gasteiger partial charge in [-0.05, 0) is 83.1 Å². The Kier molecular flexibility index (Phi) is 37.8. The molecule has 0 amide bonds. The van der Waals surface area contributed by atoms with Gasteiger partial charge in [-0.3, -0.25) is 13.8 Å². The molecule has 0 aromatic heterocycles. The molecule has 53 heavy (non-hydrogen) atoms. The smallest absolute Gasteiger partial charge is 0.472 e. The van der Waals surface area contributed by atoms with Crippen LogP contribution in [-0.4, -0.2) is 54.5 Å². The minimum atomic E-state index is -4.32. The van der Waals surface area contributed by atoms with E-state index >= 15 is 0 Å². The number of phosphoric acid groups is 1. The standard InChI is InChI=1S/C43H76NO8P/c1-3-5-7-8-9-10-11-12-13-14-17-20-23-26-29-32-37-49-39-42(40-51-53(47,48)50-38-36-44)52-43(46)35-31-28-25-22-19-16-15-18-21-24-27-30-34-41(45)33-6-4-2/h10-11,15-16,21-22,24-25,30,32,34,37,41-42,45H,3-9,12-14,17-20,23,26-29,31,33,35-36,38-40,44H2,1-2H3,(H,47,48)/b11-10-,16-15-,24-21-,25-22-,34-30-,37-32+/t41-,42-/m1/s1. The minimum absolute atomic E-state index is 0.00733. The molecule has 0 fully saturated rings. The first-order chi connectivity index (χ1) is 25.8. The number of rotatable bonds is 38. The first-order valence-corrected chi connectivity index (χ1v) is 22.1. The quantitative estimate of drug-likeness (QED) is 0.0184. The maximum atomic E-state index is 12.5. The number of carbonyl (C=O) groups excluding carboxylic acids is 1. The van der Waals surface area contributed by atoms with Crippen LogP contribution in [-0.2, 0) is 27.9 Å². The first kappa shape index (κ1) is 50.7. The summed E-state index contributed by atoms with van der Waals surface area (Å²) in [6.07, 6.45) is 46.3. The van der Waals surface area contributed by atoms with Crippen LogP contribution in [0.5, 0.6) is 0 Å². The summed E-state index contributed by atoms with van der Waals surface area (Å²) in [7, 11) is -4.32. The number of esters is 1. The Labute approximate surface area is 323 Å². The van der Waals surface area contributed by atoms with Crippen LogP contribution in [0.4, 0.5) is 0 Å². The predicted molar refractivity (Wildman–Crippen MR) is 220 cm³/mol. The monoisotopic (exact) mass is 766 g/mol. The van der Waals surface area contributed by atoms with Gasteiger partial charge in [-0.2, -0.15) is 0 Å². The Hall–Kier alpha value is -2.26. The zero-order valence-corrected chi connectivity index (χ0v) is 34.2. The lowest BCUT2D eigenvalue weighted by atomic mass is 10.1. The molecule has 4 N–H and O–H groups in total. The van der Waals surface area contributed by atoms with Crippen molar-refractivity contribution in [3.8, 4) is 0 Å². The Morgan fingerprint density at radius 2 is 1.19 bits per heavy atom. The number of carbonyl (C=O) groups is 1. The molecule has 9 nitrogen and oxygen atoms in total. The Morgan fingerprint density at radius 3 is 1.81 bits per heavy atom. The lowest BCUT2D eigenvalue weighted by molar-refractivity contribution is -0.153. The molecule has 0 rings (SSSR count). The molecule has 0 aromatic carbocycles. The molecular weight excluding hydrogens is 689 g/mol. The third kappa shape index (κ3) is 39.3. The van der Waals surface area contributed by atoms with Crippen molar-refractivity contribution in [1.29, 1.82) is 0 Å². The fourth-order valence-electron chi connectivity index (χ4n) is 5.14. The van der Waals surface area contributed by atoms with E-state index in [9.17, 15) is 19.4 Å². The summed E-state index contributed by atoms with van der Waals surface area (Å²) in [6.45, 7) is 3.97. The van der Waals surface area contributed by atoms with Gasteiger partial charge in [0.15, 0.2) is 6.10 Å². The molecule has 306 valence electrons. The fraction of sp³-hybridized carbons (Fsp3) is 0.698. The van der Waals surface area contributed by atoms with Gasteiger partial charge in [0.2, 0.25) is 0 Å². The number of allylic oxidation sites excluding steroid dienone is 10. The normalized spacial score (nSPS) is 14.8. The maximum absolute atomic E-state index is 12.5. The number of hydrogen-bond donors (Lipinski definition) is 3. The van der Waals surface area contributed by atoms with Crippen LogP contribution in [0, 0.1) is 0 Å². The van der Waals surface area contributed by atoms with Crippen molar-refractivity contribution in [2.45, 2.75) is 167 Å². The van der Waals surface area contributed by atoms with E-state index in [0.717, 1.165) is 57.8 Å². The lowest BCUT2D eigenvalue weighted by Gasteiger charge is -2.19. The Bertz CT molecular complexity index is 1050. The van der Waals surface area contributed by atoms with Gasteiger partial charge in [0.05, 0.1) is 25.6 Å².